The van der Waals surface area contributed by atoms with Crippen LogP contribution in [0.15, 0.2) is 29.3 Å². The van der Waals surface area contributed by atoms with E-state index < -0.39 is 0 Å². The van der Waals surface area contributed by atoms with E-state index in [4.69, 9.17) is 5.11 Å². The Labute approximate surface area is 96.4 Å². The Kier molecular flexibility index (Phi) is 3.25. The Balaban J connectivity index is 2.19. The van der Waals surface area contributed by atoms with Crippen molar-refractivity contribution in [1.82, 2.24) is 4.90 Å². The normalized spacial score (nSPS) is 17.4. The first-order valence-electron chi connectivity index (χ1n) is 5.69. The highest BCUT2D eigenvalue weighted by atomic mass is 16.3. The quantitative estimate of drug-likeness (QED) is 0.834. The molecule has 0 aliphatic carbocycles. The maximum atomic E-state index is 9.08. The Morgan fingerprint density at radius 1 is 1.38 bits per heavy atom. The van der Waals surface area contributed by atoms with Crippen molar-refractivity contribution in [3.63, 3.8) is 0 Å². The van der Waals surface area contributed by atoms with Gasteiger partial charge >= 0.3 is 0 Å². The summed E-state index contributed by atoms with van der Waals surface area (Å²) >= 11 is 0. The molecule has 0 fully saturated rings. The smallest absolute Gasteiger partial charge is 0.130 e. The topological polar surface area (TPSA) is 35.8 Å². The van der Waals surface area contributed by atoms with Crippen LogP contribution in [0.5, 0.6) is 0 Å². The first-order chi connectivity index (χ1) is 7.72. The van der Waals surface area contributed by atoms with Crippen LogP contribution in [0, 0.1) is 0 Å². The predicted molar refractivity (Wildman–Crippen MR) is 66.0 cm³/mol. The number of aliphatic imine (C=N–C) groups is 1. The highest BCUT2D eigenvalue weighted by molar-refractivity contribution is 5.99. The van der Waals surface area contributed by atoms with Crippen molar-refractivity contribution < 1.29 is 5.11 Å². The zero-order valence-corrected chi connectivity index (χ0v) is 9.85. The van der Waals surface area contributed by atoms with Crippen LogP contribution in [0.4, 0.5) is 0 Å². The van der Waals surface area contributed by atoms with Crippen LogP contribution in [0.3, 0.4) is 0 Å². The predicted octanol–water partition coefficient (Wildman–Crippen LogP) is 1.47. The van der Waals surface area contributed by atoms with Crippen molar-refractivity contribution in [3.8, 4) is 0 Å². The zero-order chi connectivity index (χ0) is 11.5. The second-order valence-corrected chi connectivity index (χ2v) is 4.33. The lowest BCUT2D eigenvalue weighted by atomic mass is 10.0. The van der Waals surface area contributed by atoms with Gasteiger partial charge in [-0.1, -0.05) is 31.2 Å². The lowest BCUT2D eigenvalue weighted by Gasteiger charge is -2.15. The van der Waals surface area contributed by atoms with Crippen molar-refractivity contribution in [2.75, 3.05) is 26.7 Å². The van der Waals surface area contributed by atoms with Gasteiger partial charge in [-0.25, -0.2) is 0 Å². The summed E-state index contributed by atoms with van der Waals surface area (Å²) in [6.45, 7) is 4.11. The average molecular weight is 218 g/mol. The van der Waals surface area contributed by atoms with Crippen molar-refractivity contribution in [2.24, 2.45) is 4.99 Å². The maximum Gasteiger partial charge on any atom is 0.130 e. The van der Waals surface area contributed by atoms with E-state index in [0.717, 1.165) is 24.5 Å². The van der Waals surface area contributed by atoms with Crippen LogP contribution in [0.2, 0.25) is 0 Å². The van der Waals surface area contributed by atoms with Crippen LogP contribution in [0.1, 0.15) is 24.0 Å². The number of hydrogen-bond acceptors (Lipinski definition) is 3. The van der Waals surface area contributed by atoms with Gasteiger partial charge in [0.05, 0.1) is 6.54 Å². The molecule has 1 aromatic carbocycles. The van der Waals surface area contributed by atoms with Crippen LogP contribution in [-0.2, 0) is 0 Å². The second kappa shape index (κ2) is 4.66. The molecule has 0 radical (unpaired) electrons. The zero-order valence-electron chi connectivity index (χ0n) is 9.85. The molecule has 1 unspecified atom stereocenters. The fourth-order valence-electron chi connectivity index (χ4n) is 1.91. The van der Waals surface area contributed by atoms with E-state index >= 15 is 0 Å². The third-order valence-electron chi connectivity index (χ3n) is 3.07. The van der Waals surface area contributed by atoms with Gasteiger partial charge in [0.15, 0.2) is 0 Å². The number of likely N-dealkylation sites (N-methyl/N-ethyl adjacent to an activating group) is 1. The minimum absolute atomic E-state index is 0.195. The minimum Gasteiger partial charge on any atom is -0.396 e. The summed E-state index contributed by atoms with van der Waals surface area (Å²) in [7, 11) is 2.07. The number of aliphatic hydroxyl groups is 1. The van der Waals surface area contributed by atoms with Crippen LogP contribution in [-0.4, -0.2) is 42.6 Å². The lowest BCUT2D eigenvalue weighted by molar-refractivity contribution is 0.273. The summed E-state index contributed by atoms with van der Waals surface area (Å²) in [4.78, 5) is 6.65. The Hall–Kier alpha value is -1.35. The van der Waals surface area contributed by atoms with Gasteiger partial charge in [0, 0.05) is 31.7 Å². The highest BCUT2D eigenvalue weighted by Crippen LogP contribution is 2.17. The van der Waals surface area contributed by atoms with Gasteiger partial charge in [0.1, 0.15) is 5.84 Å². The van der Waals surface area contributed by atoms with Gasteiger partial charge in [-0.05, 0) is 5.56 Å². The summed E-state index contributed by atoms with van der Waals surface area (Å²) in [5, 5.41) is 9.08. The molecule has 0 spiro atoms. The highest BCUT2D eigenvalue weighted by Gasteiger charge is 2.14. The minimum atomic E-state index is 0.195. The van der Waals surface area contributed by atoms with E-state index in [1.54, 1.807) is 0 Å². The first-order valence-corrected chi connectivity index (χ1v) is 5.69. The number of aliphatic hydroxyl groups excluding tert-OH is 1. The molecule has 3 nitrogen and oxygen atoms in total. The molecule has 0 saturated carbocycles. The molecule has 3 heteroatoms. The molecular formula is C13H18N2O. The summed E-state index contributed by atoms with van der Waals surface area (Å²) in [5.74, 6) is 1.28. The molecule has 1 aliphatic rings. The van der Waals surface area contributed by atoms with Gasteiger partial charge < -0.3 is 10.0 Å². The van der Waals surface area contributed by atoms with Crippen LogP contribution >= 0.6 is 0 Å². The van der Waals surface area contributed by atoms with E-state index in [2.05, 4.69) is 41.2 Å². The largest absolute Gasteiger partial charge is 0.396 e. The van der Waals surface area contributed by atoms with Crippen molar-refractivity contribution in [2.45, 2.75) is 12.8 Å². The van der Waals surface area contributed by atoms with Crippen molar-refractivity contribution in [3.05, 3.63) is 35.4 Å². The summed E-state index contributed by atoms with van der Waals surface area (Å²) < 4.78 is 0. The van der Waals surface area contributed by atoms with Gasteiger partial charge in [-0.3, -0.25) is 4.99 Å². The SMILES string of the molecule is CC(CO)c1ccc(C2=NCCN2C)cc1. The Morgan fingerprint density at radius 2 is 2.06 bits per heavy atom. The molecule has 86 valence electrons. The van der Waals surface area contributed by atoms with E-state index in [9.17, 15) is 0 Å². The second-order valence-electron chi connectivity index (χ2n) is 4.33. The van der Waals surface area contributed by atoms with E-state index in [0.29, 0.717) is 0 Å². The molecule has 1 aliphatic heterocycles. The van der Waals surface area contributed by atoms with E-state index in [1.807, 2.05) is 6.92 Å². The molecule has 0 saturated heterocycles. The summed E-state index contributed by atoms with van der Waals surface area (Å²) in [6.07, 6.45) is 0. The number of benzene rings is 1. The molecule has 1 heterocycles. The van der Waals surface area contributed by atoms with Crippen molar-refractivity contribution in [1.29, 1.82) is 0 Å². The standard InChI is InChI=1S/C13H18N2O/c1-10(9-16)11-3-5-12(6-4-11)13-14-7-8-15(13)2/h3-6,10,16H,7-9H2,1-2H3. The molecule has 1 N–H and O–H groups in total. The molecule has 0 amide bonds. The number of hydrogen-bond donors (Lipinski definition) is 1. The fraction of sp³-hybridized carbons (Fsp3) is 0.462. The molecule has 1 aromatic rings. The molecule has 1 atom stereocenters. The van der Waals surface area contributed by atoms with E-state index in [-0.39, 0.29) is 12.5 Å². The lowest BCUT2D eigenvalue weighted by Crippen LogP contribution is -2.23. The molecule has 0 bridgehead atoms. The monoisotopic (exact) mass is 218 g/mol. The first kappa shape index (κ1) is 11.1. The number of amidine groups is 1. The van der Waals surface area contributed by atoms with Crippen molar-refractivity contribution >= 4 is 5.84 Å². The van der Waals surface area contributed by atoms with Gasteiger partial charge in [-0.15, -0.1) is 0 Å². The Morgan fingerprint density at radius 3 is 2.56 bits per heavy atom. The van der Waals surface area contributed by atoms with Crippen LogP contribution in [0.25, 0.3) is 0 Å². The third-order valence-corrected chi connectivity index (χ3v) is 3.07. The number of rotatable bonds is 3. The fourth-order valence-corrected chi connectivity index (χ4v) is 1.91. The van der Waals surface area contributed by atoms with Crippen LogP contribution < -0.4 is 0 Å². The Bertz CT molecular complexity index is 383. The van der Waals surface area contributed by atoms with Gasteiger partial charge in [-0.2, -0.15) is 0 Å². The van der Waals surface area contributed by atoms with Gasteiger partial charge in [0.2, 0.25) is 0 Å². The van der Waals surface area contributed by atoms with E-state index in [1.165, 1.54) is 5.56 Å². The maximum absolute atomic E-state index is 9.08. The summed E-state index contributed by atoms with van der Waals surface area (Å²) in [5.41, 5.74) is 2.33. The van der Waals surface area contributed by atoms with Gasteiger partial charge in [0.25, 0.3) is 0 Å². The molecule has 2 rings (SSSR count). The third kappa shape index (κ3) is 2.09. The molecule has 16 heavy (non-hydrogen) atoms. The average Bonchev–Trinajstić information content (AvgIpc) is 2.75. The summed E-state index contributed by atoms with van der Waals surface area (Å²) in [6, 6.07) is 8.32. The molecular weight excluding hydrogens is 200 g/mol. The number of nitrogens with zero attached hydrogens (tertiary/aromatic N) is 2. The molecule has 0 aromatic heterocycles.